The molecule has 0 bridgehead atoms. The van der Waals surface area contributed by atoms with Crippen LogP contribution in [0.1, 0.15) is 102 Å². The summed E-state index contributed by atoms with van der Waals surface area (Å²) in [6, 6.07) is 1.51. The number of aromatic nitrogens is 3. The molecule has 1 aliphatic carbocycles. The Labute approximate surface area is 237 Å². The van der Waals surface area contributed by atoms with E-state index < -0.39 is 23.4 Å². The first-order chi connectivity index (χ1) is 19.5. The smallest absolute Gasteiger partial charge is 0.280 e. The van der Waals surface area contributed by atoms with Gasteiger partial charge in [-0.25, -0.2) is 23.7 Å². The van der Waals surface area contributed by atoms with E-state index in [9.17, 15) is 0 Å². The van der Waals surface area contributed by atoms with Crippen molar-refractivity contribution in [1.29, 1.82) is 0 Å². The van der Waals surface area contributed by atoms with Crippen LogP contribution in [0, 0.1) is 11.9 Å². The van der Waals surface area contributed by atoms with Gasteiger partial charge in [0.05, 0.1) is 24.6 Å². The van der Waals surface area contributed by atoms with Crippen molar-refractivity contribution < 1.29 is 27.4 Å². The lowest BCUT2D eigenvalue weighted by Crippen LogP contribution is -2.33. The number of ether oxygens (including phenoxy) is 3. The molecule has 2 heterocycles. The zero-order valence-corrected chi connectivity index (χ0v) is 24.2. The molecule has 9 heteroatoms. The van der Waals surface area contributed by atoms with Gasteiger partial charge in [-0.15, -0.1) is 0 Å². The van der Waals surface area contributed by atoms with Crippen LogP contribution in [0.4, 0.5) is 13.2 Å². The lowest BCUT2D eigenvalue weighted by molar-refractivity contribution is -0.0825. The molecule has 224 valence electrons. The van der Waals surface area contributed by atoms with E-state index in [1.807, 2.05) is 0 Å². The number of unbranched alkanes of at least 4 members (excludes halogenated alkanes) is 6. The molecule has 0 aliphatic heterocycles. The second-order valence-corrected chi connectivity index (χ2v) is 10.6. The highest BCUT2D eigenvalue weighted by Crippen LogP contribution is 2.47. The monoisotopic (exact) mass is 565 g/mol. The van der Waals surface area contributed by atoms with E-state index in [0.29, 0.717) is 51.3 Å². The Bertz CT molecular complexity index is 992. The Morgan fingerprint density at radius 2 is 1.45 bits per heavy atom. The molecule has 6 nitrogen and oxygen atoms in total. The standard InChI is InChI=1S/C31H46F3N3O3/c1-3-5-9-17-39-18-10-7-8-13-25-15-14-24-21-27(37-29(32)28(24)31(25,33)34)30-35-22-26(23-36-30)40-20-12-11-19-38-16-6-4-2/h21-23,25H,3-20H2,1-2H3. The average molecular weight is 566 g/mol. The molecule has 0 saturated heterocycles. The fraction of sp³-hybridized carbons (Fsp3) is 0.710. The summed E-state index contributed by atoms with van der Waals surface area (Å²) in [4.78, 5) is 12.3. The highest BCUT2D eigenvalue weighted by Gasteiger charge is 2.47. The molecule has 0 fully saturated rings. The molecule has 0 amide bonds. The van der Waals surface area contributed by atoms with Crippen LogP contribution in [0.15, 0.2) is 18.5 Å². The summed E-state index contributed by atoms with van der Waals surface area (Å²) >= 11 is 0. The van der Waals surface area contributed by atoms with Crippen LogP contribution in [0.3, 0.4) is 0 Å². The van der Waals surface area contributed by atoms with Crippen LogP contribution >= 0.6 is 0 Å². The lowest BCUT2D eigenvalue weighted by atomic mass is 9.78. The average Bonchev–Trinajstić information content (AvgIpc) is 2.94. The Balaban J connectivity index is 1.47. The van der Waals surface area contributed by atoms with Crippen molar-refractivity contribution >= 4 is 0 Å². The second kappa shape index (κ2) is 17.5. The first kappa shape index (κ1) is 32.3. The molecule has 1 unspecified atom stereocenters. The van der Waals surface area contributed by atoms with Gasteiger partial charge in [0.2, 0.25) is 5.95 Å². The molecule has 0 N–H and O–H groups in total. The van der Waals surface area contributed by atoms with Gasteiger partial charge in [0.25, 0.3) is 5.92 Å². The second-order valence-electron chi connectivity index (χ2n) is 10.6. The molecule has 1 atom stereocenters. The predicted octanol–water partition coefficient (Wildman–Crippen LogP) is 8.07. The van der Waals surface area contributed by atoms with Crippen LogP contribution in [-0.4, -0.2) is 48.0 Å². The number of alkyl halides is 2. The van der Waals surface area contributed by atoms with Crippen molar-refractivity contribution in [3.63, 3.8) is 0 Å². The summed E-state index contributed by atoms with van der Waals surface area (Å²) in [5.74, 6) is -4.59. The minimum absolute atomic E-state index is 0.153. The maximum absolute atomic E-state index is 15.3. The summed E-state index contributed by atoms with van der Waals surface area (Å²) in [6.07, 6.45) is 13.7. The van der Waals surface area contributed by atoms with E-state index in [4.69, 9.17) is 14.2 Å². The highest BCUT2D eigenvalue weighted by atomic mass is 19.3. The van der Waals surface area contributed by atoms with Gasteiger partial charge in [-0.1, -0.05) is 46.0 Å². The fourth-order valence-corrected chi connectivity index (χ4v) is 4.96. The molecule has 0 saturated carbocycles. The molecule has 2 aromatic heterocycles. The first-order valence-corrected chi connectivity index (χ1v) is 15.2. The number of hydrogen-bond acceptors (Lipinski definition) is 6. The highest BCUT2D eigenvalue weighted by molar-refractivity contribution is 5.53. The van der Waals surface area contributed by atoms with E-state index >= 15 is 13.2 Å². The summed E-state index contributed by atoms with van der Waals surface area (Å²) in [5, 5.41) is 0. The largest absolute Gasteiger partial charge is 0.490 e. The van der Waals surface area contributed by atoms with Gasteiger partial charge in [-0.2, -0.15) is 4.39 Å². The van der Waals surface area contributed by atoms with Crippen molar-refractivity contribution in [2.24, 2.45) is 5.92 Å². The molecule has 0 radical (unpaired) electrons. The van der Waals surface area contributed by atoms with Crippen LogP contribution in [0.25, 0.3) is 11.5 Å². The Morgan fingerprint density at radius 1 is 0.825 bits per heavy atom. The molecule has 3 rings (SSSR count). The summed E-state index contributed by atoms with van der Waals surface area (Å²) < 4.78 is 62.5. The van der Waals surface area contributed by atoms with Crippen LogP contribution in [0.5, 0.6) is 5.75 Å². The van der Waals surface area contributed by atoms with Crippen molar-refractivity contribution in [3.05, 3.63) is 35.5 Å². The minimum Gasteiger partial charge on any atom is -0.490 e. The van der Waals surface area contributed by atoms with E-state index in [0.717, 1.165) is 71.0 Å². The molecule has 0 aromatic carbocycles. The van der Waals surface area contributed by atoms with Gasteiger partial charge in [-0.3, -0.25) is 0 Å². The van der Waals surface area contributed by atoms with Crippen LogP contribution in [-0.2, 0) is 21.8 Å². The third-order valence-electron chi connectivity index (χ3n) is 7.35. The zero-order valence-electron chi connectivity index (χ0n) is 24.2. The third-order valence-corrected chi connectivity index (χ3v) is 7.35. The number of aryl methyl sites for hydroxylation is 1. The Kier molecular flexibility index (Phi) is 14.1. The summed E-state index contributed by atoms with van der Waals surface area (Å²) in [6.45, 7) is 7.72. The molecular weight excluding hydrogens is 519 g/mol. The Hall–Kier alpha value is -2.26. The third kappa shape index (κ3) is 9.98. The molecule has 0 spiro atoms. The molecular formula is C31H46F3N3O3. The van der Waals surface area contributed by atoms with Gasteiger partial charge in [0.1, 0.15) is 5.69 Å². The van der Waals surface area contributed by atoms with Gasteiger partial charge in [0, 0.05) is 32.3 Å². The van der Waals surface area contributed by atoms with Crippen molar-refractivity contribution in [1.82, 2.24) is 15.0 Å². The molecule has 1 aliphatic rings. The van der Waals surface area contributed by atoms with Gasteiger partial charge >= 0.3 is 0 Å². The van der Waals surface area contributed by atoms with Crippen molar-refractivity contribution in [2.45, 2.75) is 103 Å². The number of halogens is 3. The Morgan fingerprint density at radius 3 is 2.15 bits per heavy atom. The minimum atomic E-state index is -3.25. The van der Waals surface area contributed by atoms with Gasteiger partial charge in [0.15, 0.2) is 11.6 Å². The van der Waals surface area contributed by atoms with E-state index in [1.165, 1.54) is 18.5 Å². The predicted molar refractivity (Wildman–Crippen MR) is 150 cm³/mol. The number of pyridine rings is 1. The first-order valence-electron chi connectivity index (χ1n) is 15.2. The maximum Gasteiger partial charge on any atom is 0.280 e. The summed E-state index contributed by atoms with van der Waals surface area (Å²) in [7, 11) is 0. The van der Waals surface area contributed by atoms with Crippen LogP contribution in [0.2, 0.25) is 0 Å². The quantitative estimate of drug-likeness (QED) is 0.119. The number of fused-ring (bicyclic) bond motifs is 1. The number of nitrogens with zero attached hydrogens (tertiary/aromatic N) is 3. The van der Waals surface area contributed by atoms with E-state index in [1.54, 1.807) is 0 Å². The summed E-state index contributed by atoms with van der Waals surface area (Å²) in [5.41, 5.74) is -0.125. The number of hydrogen-bond donors (Lipinski definition) is 0. The van der Waals surface area contributed by atoms with Gasteiger partial charge < -0.3 is 14.2 Å². The van der Waals surface area contributed by atoms with E-state index in [2.05, 4.69) is 28.8 Å². The normalized spacial score (nSPS) is 16.2. The maximum atomic E-state index is 15.3. The zero-order chi connectivity index (χ0) is 28.6. The van der Waals surface area contributed by atoms with Crippen molar-refractivity contribution in [3.8, 4) is 17.3 Å². The topological polar surface area (TPSA) is 66.4 Å². The van der Waals surface area contributed by atoms with Crippen LogP contribution < -0.4 is 4.74 Å². The fourth-order valence-electron chi connectivity index (χ4n) is 4.96. The lowest BCUT2D eigenvalue weighted by Gasteiger charge is -2.33. The van der Waals surface area contributed by atoms with Gasteiger partial charge in [-0.05, 0) is 63.0 Å². The number of rotatable bonds is 20. The molecule has 40 heavy (non-hydrogen) atoms. The van der Waals surface area contributed by atoms with Crippen molar-refractivity contribution in [2.75, 3.05) is 33.0 Å². The van der Waals surface area contributed by atoms with E-state index in [-0.39, 0.29) is 17.1 Å². The SMILES string of the molecule is CCCCCOCCCCCC1CCc2cc(-c3ncc(OCCCCOCCCC)cn3)nc(F)c2C1(F)F. The molecule has 2 aromatic rings.